The Hall–Kier alpha value is -1.88. The van der Waals surface area contributed by atoms with Crippen molar-refractivity contribution in [3.05, 3.63) is 24.5 Å². The van der Waals surface area contributed by atoms with Crippen LogP contribution in [0.1, 0.15) is 6.92 Å². The summed E-state index contributed by atoms with van der Waals surface area (Å²) < 4.78 is 5.18. The monoisotopic (exact) mass is 232 g/mol. The molecule has 5 heteroatoms. The van der Waals surface area contributed by atoms with Gasteiger partial charge < -0.3 is 15.8 Å². The van der Waals surface area contributed by atoms with E-state index < -0.39 is 0 Å². The summed E-state index contributed by atoms with van der Waals surface area (Å²) in [6, 6.07) is 5.59. The zero-order valence-electron chi connectivity index (χ0n) is 9.97. The van der Waals surface area contributed by atoms with E-state index in [2.05, 4.69) is 15.3 Å². The second kappa shape index (κ2) is 4.97. The van der Waals surface area contributed by atoms with Gasteiger partial charge in [-0.25, -0.2) is 9.97 Å². The lowest BCUT2D eigenvalue weighted by molar-refractivity contribution is 0.128. The van der Waals surface area contributed by atoms with E-state index in [9.17, 15) is 0 Å². The maximum Gasteiger partial charge on any atom is 0.137 e. The van der Waals surface area contributed by atoms with Gasteiger partial charge in [0, 0.05) is 24.7 Å². The summed E-state index contributed by atoms with van der Waals surface area (Å²) in [5.41, 5.74) is 7.35. The number of nitrogens with zero attached hydrogens (tertiary/aromatic N) is 2. The molecule has 0 aliphatic rings. The van der Waals surface area contributed by atoms with Gasteiger partial charge in [0.25, 0.3) is 0 Å². The molecular weight excluding hydrogens is 216 g/mol. The van der Waals surface area contributed by atoms with Crippen LogP contribution >= 0.6 is 0 Å². The smallest absolute Gasteiger partial charge is 0.137 e. The van der Waals surface area contributed by atoms with Crippen LogP contribution in [0.2, 0.25) is 0 Å². The molecule has 0 saturated heterocycles. The number of nitrogen functional groups attached to an aromatic ring is 1. The molecular formula is C12H16N4O. The van der Waals surface area contributed by atoms with Crippen molar-refractivity contribution >= 4 is 22.4 Å². The number of ether oxygens (including phenoxy) is 1. The zero-order chi connectivity index (χ0) is 12.3. The van der Waals surface area contributed by atoms with E-state index >= 15 is 0 Å². The molecule has 0 bridgehead atoms. The quantitative estimate of drug-likeness (QED) is 0.784. The van der Waals surface area contributed by atoms with Gasteiger partial charge in [0.1, 0.15) is 12.1 Å². The average molecular weight is 232 g/mol. The van der Waals surface area contributed by atoms with Gasteiger partial charge in [-0.05, 0) is 25.1 Å². The number of anilines is 2. The van der Waals surface area contributed by atoms with Crippen molar-refractivity contribution < 1.29 is 4.74 Å². The lowest BCUT2D eigenvalue weighted by atomic mass is 10.2. The molecule has 17 heavy (non-hydrogen) atoms. The minimum Gasteiger partial charge on any atom is -0.399 e. The molecule has 0 radical (unpaired) electrons. The molecule has 1 heterocycles. The summed E-state index contributed by atoms with van der Waals surface area (Å²) in [6.07, 6.45) is 1.67. The topological polar surface area (TPSA) is 73.1 Å². The Morgan fingerprint density at radius 1 is 1.41 bits per heavy atom. The highest BCUT2D eigenvalue weighted by Crippen LogP contribution is 2.21. The van der Waals surface area contributed by atoms with Gasteiger partial charge in [0.2, 0.25) is 0 Å². The van der Waals surface area contributed by atoms with Gasteiger partial charge in [-0.2, -0.15) is 0 Å². The normalized spacial score (nSPS) is 12.6. The Balaban J connectivity index is 2.30. The van der Waals surface area contributed by atoms with Crippen molar-refractivity contribution in [1.29, 1.82) is 0 Å². The standard InChI is InChI=1S/C12H16N4O/c1-8(17-2)6-14-12-10-5-9(13)3-4-11(10)15-7-16-12/h3-5,7-8H,6,13H2,1-2H3,(H,14,15,16). The number of fused-ring (bicyclic) bond motifs is 1. The van der Waals surface area contributed by atoms with Gasteiger partial charge in [-0.15, -0.1) is 0 Å². The van der Waals surface area contributed by atoms with Crippen LogP contribution in [0.4, 0.5) is 11.5 Å². The highest BCUT2D eigenvalue weighted by atomic mass is 16.5. The molecule has 90 valence electrons. The van der Waals surface area contributed by atoms with E-state index in [0.717, 1.165) is 16.7 Å². The summed E-state index contributed by atoms with van der Waals surface area (Å²) in [6.45, 7) is 2.68. The van der Waals surface area contributed by atoms with Gasteiger partial charge in [0.05, 0.1) is 11.6 Å². The molecule has 2 aromatic rings. The third-order valence-electron chi connectivity index (χ3n) is 2.62. The highest BCUT2D eigenvalue weighted by molar-refractivity contribution is 5.91. The van der Waals surface area contributed by atoms with Gasteiger partial charge >= 0.3 is 0 Å². The molecule has 1 atom stereocenters. The molecule has 1 unspecified atom stereocenters. The summed E-state index contributed by atoms with van der Waals surface area (Å²) in [5.74, 6) is 0.784. The fraction of sp³-hybridized carbons (Fsp3) is 0.333. The van der Waals surface area contributed by atoms with Crippen LogP contribution in [-0.4, -0.2) is 29.7 Å². The number of benzene rings is 1. The molecule has 5 nitrogen and oxygen atoms in total. The van der Waals surface area contributed by atoms with E-state index in [1.165, 1.54) is 0 Å². The first-order valence-electron chi connectivity index (χ1n) is 5.47. The third-order valence-corrected chi connectivity index (χ3v) is 2.62. The predicted molar refractivity (Wildman–Crippen MR) is 68.9 cm³/mol. The van der Waals surface area contributed by atoms with Gasteiger partial charge in [0.15, 0.2) is 0 Å². The SMILES string of the molecule is COC(C)CNc1ncnc2ccc(N)cc12. The van der Waals surface area contributed by atoms with Crippen molar-refractivity contribution in [2.75, 3.05) is 24.7 Å². The molecule has 0 spiro atoms. The molecule has 1 aromatic heterocycles. The summed E-state index contributed by atoms with van der Waals surface area (Å²) in [4.78, 5) is 8.41. The first-order valence-corrected chi connectivity index (χ1v) is 5.47. The minimum atomic E-state index is 0.126. The Kier molecular flexibility index (Phi) is 3.39. The van der Waals surface area contributed by atoms with Crippen LogP contribution < -0.4 is 11.1 Å². The van der Waals surface area contributed by atoms with Crippen LogP contribution in [0.3, 0.4) is 0 Å². The van der Waals surface area contributed by atoms with Gasteiger partial charge in [-0.1, -0.05) is 0 Å². The lowest BCUT2D eigenvalue weighted by Crippen LogP contribution is -2.18. The Morgan fingerprint density at radius 2 is 2.24 bits per heavy atom. The van der Waals surface area contributed by atoms with Crippen LogP contribution in [-0.2, 0) is 4.74 Å². The fourth-order valence-electron chi connectivity index (χ4n) is 1.54. The first-order chi connectivity index (χ1) is 8.20. The third kappa shape index (κ3) is 2.62. The van der Waals surface area contributed by atoms with Crippen molar-refractivity contribution in [2.24, 2.45) is 0 Å². The van der Waals surface area contributed by atoms with Gasteiger partial charge in [-0.3, -0.25) is 0 Å². The number of methoxy groups -OCH3 is 1. The molecule has 0 aliphatic heterocycles. The lowest BCUT2D eigenvalue weighted by Gasteiger charge is -2.12. The van der Waals surface area contributed by atoms with Crippen LogP contribution in [0, 0.1) is 0 Å². The van der Waals surface area contributed by atoms with Crippen molar-refractivity contribution in [3.8, 4) is 0 Å². The van der Waals surface area contributed by atoms with Crippen LogP contribution in [0.15, 0.2) is 24.5 Å². The number of aromatic nitrogens is 2. The Bertz CT molecular complexity index is 515. The summed E-state index contributed by atoms with van der Waals surface area (Å²) >= 11 is 0. The minimum absolute atomic E-state index is 0.126. The van der Waals surface area contributed by atoms with E-state index in [1.54, 1.807) is 13.4 Å². The Labute approximate surface area is 100 Å². The van der Waals surface area contributed by atoms with E-state index in [-0.39, 0.29) is 6.10 Å². The van der Waals surface area contributed by atoms with E-state index in [0.29, 0.717) is 12.2 Å². The van der Waals surface area contributed by atoms with Crippen molar-refractivity contribution in [2.45, 2.75) is 13.0 Å². The molecule has 2 rings (SSSR count). The van der Waals surface area contributed by atoms with E-state index in [4.69, 9.17) is 10.5 Å². The second-order valence-electron chi connectivity index (χ2n) is 3.93. The van der Waals surface area contributed by atoms with Crippen LogP contribution in [0.25, 0.3) is 10.9 Å². The largest absolute Gasteiger partial charge is 0.399 e. The number of hydrogen-bond donors (Lipinski definition) is 2. The highest BCUT2D eigenvalue weighted by Gasteiger charge is 2.05. The number of nitrogens with two attached hydrogens (primary N) is 1. The molecule has 1 aromatic carbocycles. The maximum atomic E-state index is 5.77. The van der Waals surface area contributed by atoms with E-state index in [1.807, 2.05) is 25.1 Å². The molecule has 0 amide bonds. The maximum absolute atomic E-state index is 5.77. The number of rotatable bonds is 4. The predicted octanol–water partition coefficient (Wildman–Crippen LogP) is 1.66. The van der Waals surface area contributed by atoms with Crippen molar-refractivity contribution in [1.82, 2.24) is 9.97 Å². The number of nitrogens with one attached hydrogen (secondary N) is 1. The van der Waals surface area contributed by atoms with Crippen LogP contribution in [0.5, 0.6) is 0 Å². The van der Waals surface area contributed by atoms with Crippen molar-refractivity contribution in [3.63, 3.8) is 0 Å². The second-order valence-corrected chi connectivity index (χ2v) is 3.93. The molecule has 0 aliphatic carbocycles. The fourth-order valence-corrected chi connectivity index (χ4v) is 1.54. The summed E-state index contributed by atoms with van der Waals surface area (Å²) in [5, 5.41) is 4.16. The zero-order valence-corrected chi connectivity index (χ0v) is 9.97. The molecule has 3 N–H and O–H groups in total. The summed E-state index contributed by atoms with van der Waals surface area (Å²) in [7, 11) is 1.68. The average Bonchev–Trinajstić information content (AvgIpc) is 2.35. The number of hydrogen-bond acceptors (Lipinski definition) is 5. The first kappa shape index (κ1) is 11.6. The molecule has 0 saturated carbocycles. The molecule has 0 fully saturated rings. The Morgan fingerprint density at radius 3 is 3.00 bits per heavy atom.